The van der Waals surface area contributed by atoms with Crippen LogP contribution in [-0.4, -0.2) is 68.7 Å². The molecule has 2 N–H and O–H groups in total. The zero-order valence-corrected chi connectivity index (χ0v) is 21.0. The third-order valence-corrected chi connectivity index (χ3v) is 8.23. The Hall–Kier alpha value is -3.44. The predicted octanol–water partition coefficient (Wildman–Crippen LogP) is 0.826. The Morgan fingerprint density at radius 2 is 1.72 bits per heavy atom. The van der Waals surface area contributed by atoms with E-state index in [9.17, 15) is 22.8 Å². The van der Waals surface area contributed by atoms with Crippen molar-refractivity contribution < 1.29 is 32.3 Å². The molecule has 1 unspecified atom stereocenters. The number of ketones is 1. The molecule has 2 atom stereocenters. The first kappa shape index (κ1) is 25.6. The van der Waals surface area contributed by atoms with Gasteiger partial charge >= 0.3 is 0 Å². The van der Waals surface area contributed by atoms with Gasteiger partial charge in [-0.25, -0.2) is 8.42 Å². The molecule has 192 valence electrons. The van der Waals surface area contributed by atoms with Crippen LogP contribution in [0.2, 0.25) is 0 Å². The SMILES string of the molecule is CCNC(=O)C(=O)[C@H](Cc1ccccc1)NC(=O)C1Cc2cc3c(cc2S(=O)(=O)N1CC)OCCO3. The Bertz CT molecular complexity index is 1260. The van der Waals surface area contributed by atoms with Gasteiger partial charge in [0.2, 0.25) is 21.7 Å². The molecule has 0 radical (unpaired) electrons. The summed E-state index contributed by atoms with van der Waals surface area (Å²) in [6.45, 7) is 4.29. The molecular formula is C25H29N3O7S. The number of rotatable bonds is 8. The topological polar surface area (TPSA) is 131 Å². The van der Waals surface area contributed by atoms with Gasteiger partial charge in [0.25, 0.3) is 5.91 Å². The van der Waals surface area contributed by atoms with E-state index < -0.39 is 39.7 Å². The molecule has 2 aliphatic heterocycles. The highest BCUT2D eigenvalue weighted by Crippen LogP contribution is 2.39. The van der Waals surface area contributed by atoms with Crippen LogP contribution in [0.4, 0.5) is 0 Å². The number of fused-ring (bicyclic) bond motifs is 2. The van der Waals surface area contributed by atoms with Gasteiger partial charge in [0.15, 0.2) is 11.5 Å². The average Bonchev–Trinajstić information content (AvgIpc) is 2.87. The van der Waals surface area contributed by atoms with Crippen LogP contribution >= 0.6 is 0 Å². The summed E-state index contributed by atoms with van der Waals surface area (Å²) in [5.74, 6) is -1.49. The van der Waals surface area contributed by atoms with Crippen LogP contribution in [0.25, 0.3) is 0 Å². The molecular weight excluding hydrogens is 486 g/mol. The van der Waals surface area contributed by atoms with Crippen molar-refractivity contribution in [2.45, 2.75) is 43.7 Å². The average molecular weight is 516 g/mol. The van der Waals surface area contributed by atoms with E-state index in [1.807, 2.05) is 6.07 Å². The Balaban J connectivity index is 1.64. The highest BCUT2D eigenvalue weighted by molar-refractivity contribution is 7.89. The molecule has 10 nitrogen and oxygen atoms in total. The number of ether oxygens (including phenoxy) is 2. The first-order chi connectivity index (χ1) is 17.3. The molecule has 36 heavy (non-hydrogen) atoms. The zero-order valence-electron chi connectivity index (χ0n) is 20.2. The largest absolute Gasteiger partial charge is 0.486 e. The number of carbonyl (C=O) groups excluding carboxylic acids is 3. The lowest BCUT2D eigenvalue weighted by Gasteiger charge is -2.35. The summed E-state index contributed by atoms with van der Waals surface area (Å²) in [6, 6.07) is 9.75. The first-order valence-corrected chi connectivity index (χ1v) is 13.3. The normalized spacial score (nSPS) is 19.0. The number of Topliss-reactive ketones (excluding diaryl/α,β-unsaturated/α-hetero) is 1. The van der Waals surface area contributed by atoms with E-state index in [1.165, 1.54) is 6.07 Å². The number of amides is 2. The molecule has 0 fully saturated rings. The smallest absolute Gasteiger partial charge is 0.289 e. The molecule has 0 saturated heterocycles. The second-order valence-electron chi connectivity index (χ2n) is 8.51. The van der Waals surface area contributed by atoms with Gasteiger partial charge in [-0.15, -0.1) is 0 Å². The quantitative estimate of drug-likeness (QED) is 0.498. The van der Waals surface area contributed by atoms with Crippen LogP contribution in [0.3, 0.4) is 0 Å². The number of nitrogens with one attached hydrogen (secondary N) is 2. The van der Waals surface area contributed by atoms with Crippen LogP contribution < -0.4 is 20.1 Å². The minimum absolute atomic E-state index is 0.0436. The van der Waals surface area contributed by atoms with Crippen molar-refractivity contribution in [3.05, 3.63) is 53.6 Å². The van der Waals surface area contributed by atoms with Crippen molar-refractivity contribution in [3.8, 4) is 11.5 Å². The van der Waals surface area contributed by atoms with Crippen LogP contribution in [0, 0.1) is 0 Å². The van der Waals surface area contributed by atoms with Gasteiger partial charge in [0.1, 0.15) is 25.3 Å². The first-order valence-electron chi connectivity index (χ1n) is 11.9. The molecule has 0 bridgehead atoms. The van der Waals surface area contributed by atoms with Crippen LogP contribution in [0.1, 0.15) is 25.0 Å². The number of benzene rings is 2. The summed E-state index contributed by atoms with van der Waals surface area (Å²) >= 11 is 0. The highest BCUT2D eigenvalue weighted by atomic mass is 32.2. The molecule has 11 heteroatoms. The van der Waals surface area contributed by atoms with Crippen molar-refractivity contribution in [3.63, 3.8) is 0 Å². The second-order valence-corrected chi connectivity index (χ2v) is 10.4. The standard InChI is InChI=1S/C25H29N3O7S/c1-3-26-25(31)23(29)18(12-16-8-6-5-7-9-16)27-24(30)19-13-17-14-20-21(35-11-10-34-20)15-22(17)36(32,33)28(19)4-2/h5-9,14-15,18-19H,3-4,10-13H2,1-2H3,(H,26,31)(H,27,30)/t18-,19?/m0/s1. The molecule has 2 aliphatic rings. The fourth-order valence-electron chi connectivity index (χ4n) is 4.46. The van der Waals surface area contributed by atoms with Gasteiger partial charge in [0, 0.05) is 25.6 Å². The predicted molar refractivity (Wildman–Crippen MR) is 130 cm³/mol. The molecule has 2 aromatic rings. The van der Waals surface area contributed by atoms with E-state index in [0.29, 0.717) is 30.3 Å². The van der Waals surface area contributed by atoms with Crippen LogP contribution in [-0.2, 0) is 37.2 Å². The minimum Gasteiger partial charge on any atom is -0.486 e. The Morgan fingerprint density at radius 3 is 2.36 bits per heavy atom. The third kappa shape index (κ3) is 5.07. The molecule has 0 aromatic heterocycles. The van der Waals surface area contributed by atoms with Gasteiger partial charge in [-0.1, -0.05) is 37.3 Å². The molecule has 2 heterocycles. The third-order valence-electron chi connectivity index (χ3n) is 6.16. The van der Waals surface area contributed by atoms with Crippen LogP contribution in [0.15, 0.2) is 47.4 Å². The lowest BCUT2D eigenvalue weighted by atomic mass is 9.99. The molecule has 2 aromatic carbocycles. The molecule has 4 rings (SSSR count). The van der Waals surface area contributed by atoms with Gasteiger partial charge < -0.3 is 20.1 Å². The molecule has 2 amide bonds. The summed E-state index contributed by atoms with van der Waals surface area (Å²) in [4.78, 5) is 38.8. The number of likely N-dealkylation sites (N-methyl/N-ethyl adjacent to an activating group) is 2. The maximum atomic E-state index is 13.5. The number of sulfonamides is 1. The lowest BCUT2D eigenvalue weighted by Crippen LogP contribution is -2.57. The van der Waals surface area contributed by atoms with E-state index in [-0.39, 0.29) is 30.8 Å². The summed E-state index contributed by atoms with van der Waals surface area (Å²) in [7, 11) is -4.03. The fraction of sp³-hybridized carbons (Fsp3) is 0.400. The Morgan fingerprint density at radius 1 is 1.06 bits per heavy atom. The monoisotopic (exact) mass is 515 g/mol. The Labute approximate surface area is 210 Å². The van der Waals surface area contributed by atoms with Crippen molar-refractivity contribution in [2.24, 2.45) is 0 Å². The number of hydrogen-bond donors (Lipinski definition) is 2. The number of carbonyl (C=O) groups is 3. The Kier molecular flexibility index (Phi) is 7.60. The maximum Gasteiger partial charge on any atom is 0.289 e. The molecule has 0 saturated carbocycles. The van der Waals surface area contributed by atoms with Gasteiger partial charge in [-0.3, -0.25) is 14.4 Å². The maximum absolute atomic E-state index is 13.5. The van der Waals surface area contributed by atoms with Crippen molar-refractivity contribution in [2.75, 3.05) is 26.3 Å². The summed E-state index contributed by atoms with van der Waals surface area (Å²) in [6.07, 6.45) is 0.168. The number of nitrogens with zero attached hydrogens (tertiary/aromatic N) is 1. The molecule has 0 aliphatic carbocycles. The fourth-order valence-corrected chi connectivity index (χ4v) is 6.29. The zero-order chi connectivity index (χ0) is 25.9. The van der Waals surface area contributed by atoms with Gasteiger partial charge in [-0.2, -0.15) is 4.31 Å². The second kappa shape index (κ2) is 10.7. The number of hydrogen-bond acceptors (Lipinski definition) is 7. The summed E-state index contributed by atoms with van der Waals surface area (Å²) in [5, 5.41) is 5.13. The van der Waals surface area contributed by atoms with E-state index in [4.69, 9.17) is 9.47 Å². The minimum atomic E-state index is -4.03. The van der Waals surface area contributed by atoms with E-state index in [2.05, 4.69) is 10.6 Å². The van der Waals surface area contributed by atoms with Crippen molar-refractivity contribution >= 4 is 27.6 Å². The van der Waals surface area contributed by atoms with E-state index in [0.717, 1.165) is 9.87 Å². The van der Waals surface area contributed by atoms with Crippen LogP contribution in [0.5, 0.6) is 11.5 Å². The van der Waals surface area contributed by atoms with E-state index in [1.54, 1.807) is 44.2 Å². The van der Waals surface area contributed by atoms with Gasteiger partial charge in [0.05, 0.1) is 4.90 Å². The van der Waals surface area contributed by atoms with Crippen molar-refractivity contribution in [1.29, 1.82) is 0 Å². The van der Waals surface area contributed by atoms with Crippen molar-refractivity contribution in [1.82, 2.24) is 14.9 Å². The lowest BCUT2D eigenvalue weighted by molar-refractivity contribution is -0.140. The van der Waals surface area contributed by atoms with E-state index >= 15 is 0 Å². The molecule has 0 spiro atoms. The summed E-state index contributed by atoms with van der Waals surface area (Å²) in [5.41, 5.74) is 1.18. The summed E-state index contributed by atoms with van der Waals surface area (Å²) < 4.78 is 39.2. The van der Waals surface area contributed by atoms with Gasteiger partial charge in [-0.05, 0) is 30.5 Å². The highest BCUT2D eigenvalue weighted by Gasteiger charge is 2.43.